The third-order valence-electron chi connectivity index (χ3n) is 4.32. The summed E-state index contributed by atoms with van der Waals surface area (Å²) in [7, 11) is 0. The number of aromatic nitrogens is 2. The van der Waals surface area contributed by atoms with Crippen molar-refractivity contribution < 1.29 is 14.1 Å². The highest BCUT2D eigenvalue weighted by atomic mass is 35.5. The van der Waals surface area contributed by atoms with Gasteiger partial charge in [-0.25, -0.2) is 0 Å². The van der Waals surface area contributed by atoms with Crippen molar-refractivity contribution in [1.82, 2.24) is 15.5 Å². The first-order valence-electron chi connectivity index (χ1n) is 8.74. The smallest absolute Gasteiger partial charge is 0.272 e. The van der Waals surface area contributed by atoms with Crippen LogP contribution in [-0.4, -0.2) is 27.7 Å². The summed E-state index contributed by atoms with van der Waals surface area (Å²) in [5.74, 6) is 2.70. The lowest BCUT2D eigenvalue weighted by Gasteiger charge is -2.27. The Morgan fingerprint density at radius 2 is 2.17 bits per heavy atom. The van der Waals surface area contributed by atoms with Gasteiger partial charge in [-0.2, -0.15) is 0 Å². The van der Waals surface area contributed by atoms with E-state index in [9.17, 15) is 4.79 Å². The van der Waals surface area contributed by atoms with Gasteiger partial charge in [0.25, 0.3) is 5.91 Å². The van der Waals surface area contributed by atoms with Crippen molar-refractivity contribution in [2.45, 2.75) is 31.7 Å². The number of carbonyl (C=O) groups excluding carboxylic acids is 1. The van der Waals surface area contributed by atoms with Crippen LogP contribution in [0.15, 0.2) is 35.2 Å². The molecule has 1 amide bonds. The van der Waals surface area contributed by atoms with E-state index in [0.29, 0.717) is 27.5 Å². The summed E-state index contributed by atoms with van der Waals surface area (Å²) in [5, 5.41) is 8.11. The minimum atomic E-state index is -0.793. The molecule has 29 heavy (non-hydrogen) atoms. The molecule has 2 aromatic heterocycles. The zero-order valence-electron chi connectivity index (χ0n) is 16.4. The first kappa shape index (κ1) is 21.0. The maximum Gasteiger partial charge on any atom is 0.272 e. The summed E-state index contributed by atoms with van der Waals surface area (Å²) in [4.78, 5) is 17.1. The Morgan fingerprint density at radius 3 is 2.79 bits per heavy atom. The molecule has 0 saturated carbocycles. The molecule has 1 atom stereocenters. The van der Waals surface area contributed by atoms with Gasteiger partial charge >= 0.3 is 0 Å². The van der Waals surface area contributed by atoms with Crippen molar-refractivity contribution in [3.8, 4) is 18.1 Å². The Bertz CT molecular complexity index is 1100. The van der Waals surface area contributed by atoms with Crippen LogP contribution in [0.4, 0.5) is 0 Å². The van der Waals surface area contributed by atoms with Crippen molar-refractivity contribution in [3.63, 3.8) is 0 Å². The Morgan fingerprint density at radius 1 is 1.41 bits per heavy atom. The predicted octanol–water partition coefficient (Wildman–Crippen LogP) is 4.29. The minimum Gasteiger partial charge on any atom is -0.470 e. The number of hydrogen-bond acceptors (Lipinski definition) is 6. The van der Waals surface area contributed by atoms with Crippen LogP contribution in [0.1, 0.15) is 30.7 Å². The van der Waals surface area contributed by atoms with E-state index < -0.39 is 11.0 Å². The molecule has 0 radical (unpaired) electrons. The predicted molar refractivity (Wildman–Crippen MR) is 115 cm³/mol. The van der Waals surface area contributed by atoms with Gasteiger partial charge in [0.15, 0.2) is 0 Å². The van der Waals surface area contributed by atoms with Gasteiger partial charge in [-0.15, -0.1) is 18.2 Å². The van der Waals surface area contributed by atoms with E-state index in [2.05, 4.69) is 21.4 Å². The highest BCUT2D eigenvalue weighted by Gasteiger charge is 2.31. The monoisotopic (exact) mass is 429 g/mol. The molecule has 3 rings (SSSR count). The number of amides is 1. The van der Waals surface area contributed by atoms with Crippen LogP contribution in [-0.2, 0) is 10.3 Å². The van der Waals surface area contributed by atoms with Crippen molar-refractivity contribution in [3.05, 3.63) is 52.5 Å². The van der Waals surface area contributed by atoms with Crippen LogP contribution >= 0.6 is 23.4 Å². The van der Waals surface area contributed by atoms with Gasteiger partial charge in [-0.1, -0.05) is 22.7 Å². The van der Waals surface area contributed by atoms with Gasteiger partial charge in [0.05, 0.1) is 16.1 Å². The van der Waals surface area contributed by atoms with Crippen LogP contribution in [0, 0.1) is 19.3 Å². The molecule has 0 spiro atoms. The minimum absolute atomic E-state index is 0.295. The second-order valence-corrected chi connectivity index (χ2v) is 8.30. The molecule has 3 aromatic rings. The van der Waals surface area contributed by atoms with Gasteiger partial charge < -0.3 is 14.6 Å². The fraction of sp³-hybridized carbons (Fsp3) is 0.286. The molecule has 0 saturated heterocycles. The van der Waals surface area contributed by atoms with Crippen molar-refractivity contribution >= 4 is 40.2 Å². The lowest BCUT2D eigenvalue weighted by molar-refractivity contribution is -0.126. The molecule has 150 valence electrons. The molecular weight excluding hydrogens is 410 g/mol. The van der Waals surface area contributed by atoms with E-state index in [1.165, 1.54) is 11.8 Å². The maximum atomic E-state index is 12.9. The van der Waals surface area contributed by atoms with Crippen LogP contribution in [0.3, 0.4) is 0 Å². The van der Waals surface area contributed by atoms with Gasteiger partial charge in [-0.05, 0) is 39.2 Å². The molecule has 0 aliphatic heterocycles. The van der Waals surface area contributed by atoms with Gasteiger partial charge in [0.1, 0.15) is 17.7 Å². The number of carbonyl (C=O) groups is 1. The SMILES string of the molecule is C#Cc1cnc2c(Cl)cc(OC(SC)C(=O)NC(C)(C)c3nocc3C)cc2c1. The summed E-state index contributed by atoms with van der Waals surface area (Å²) in [6.07, 6.45) is 10.4. The van der Waals surface area contributed by atoms with Crippen LogP contribution in [0.2, 0.25) is 5.02 Å². The summed E-state index contributed by atoms with van der Waals surface area (Å²) in [5.41, 5.74) is 1.25. The maximum absolute atomic E-state index is 12.9. The van der Waals surface area contributed by atoms with Gasteiger partial charge in [0.2, 0.25) is 5.44 Å². The van der Waals surface area contributed by atoms with E-state index in [0.717, 1.165) is 10.9 Å². The highest BCUT2D eigenvalue weighted by molar-refractivity contribution is 7.99. The number of hydrogen-bond donors (Lipinski definition) is 1. The standard InChI is InChI=1S/C21H20ClN3O3S/c1-6-13-7-14-8-15(9-16(22)17(14)23-10-13)28-20(29-5)19(26)24-21(3,4)18-12(2)11-27-25-18/h1,7-11,20H,2-5H3,(H,24,26). The number of thioether (sulfide) groups is 1. The summed E-state index contributed by atoms with van der Waals surface area (Å²) < 4.78 is 10.9. The molecule has 8 heteroatoms. The van der Waals surface area contributed by atoms with Crippen molar-refractivity contribution in [2.75, 3.05) is 6.26 Å². The van der Waals surface area contributed by atoms with Crippen LogP contribution < -0.4 is 10.1 Å². The lowest BCUT2D eigenvalue weighted by atomic mass is 9.97. The second-order valence-electron chi connectivity index (χ2n) is 6.99. The number of halogens is 1. The molecule has 0 fully saturated rings. The largest absolute Gasteiger partial charge is 0.470 e. The number of benzene rings is 1. The van der Waals surface area contributed by atoms with Gasteiger partial charge in [-0.3, -0.25) is 9.78 Å². The number of aryl methyl sites for hydroxylation is 1. The Balaban J connectivity index is 1.83. The number of ether oxygens (including phenoxy) is 1. The number of fused-ring (bicyclic) bond motifs is 1. The molecule has 2 heterocycles. The number of terminal acetylenes is 1. The average Bonchev–Trinajstić information content (AvgIpc) is 3.12. The highest BCUT2D eigenvalue weighted by Crippen LogP contribution is 2.30. The third-order valence-corrected chi connectivity index (χ3v) is 5.35. The molecule has 1 aromatic carbocycles. The number of rotatable bonds is 6. The summed E-state index contributed by atoms with van der Waals surface area (Å²) in [6.45, 7) is 5.58. The number of pyridine rings is 1. The van der Waals surface area contributed by atoms with Crippen LogP contribution in [0.5, 0.6) is 5.75 Å². The van der Waals surface area contributed by atoms with Crippen molar-refractivity contribution in [2.24, 2.45) is 0 Å². The molecule has 0 aliphatic carbocycles. The molecule has 1 unspecified atom stereocenters. The summed E-state index contributed by atoms with van der Waals surface area (Å²) >= 11 is 7.60. The quantitative estimate of drug-likeness (QED) is 0.465. The van der Waals surface area contributed by atoms with E-state index in [4.69, 9.17) is 27.3 Å². The molecule has 1 N–H and O–H groups in total. The molecule has 6 nitrogen and oxygen atoms in total. The second kappa shape index (κ2) is 8.36. The van der Waals surface area contributed by atoms with E-state index >= 15 is 0 Å². The topological polar surface area (TPSA) is 77.2 Å². The molecule has 0 bridgehead atoms. The zero-order valence-corrected chi connectivity index (χ0v) is 18.0. The normalized spacial score (nSPS) is 12.4. The van der Waals surface area contributed by atoms with E-state index in [1.807, 2.05) is 20.8 Å². The summed E-state index contributed by atoms with van der Waals surface area (Å²) in [6, 6.07) is 5.19. The Labute approximate surface area is 178 Å². The average molecular weight is 430 g/mol. The third kappa shape index (κ3) is 4.50. The zero-order chi connectivity index (χ0) is 21.2. The van der Waals surface area contributed by atoms with E-state index in [1.54, 1.807) is 36.9 Å². The van der Waals surface area contributed by atoms with E-state index in [-0.39, 0.29) is 5.91 Å². The lowest BCUT2D eigenvalue weighted by Crippen LogP contribution is -2.47. The van der Waals surface area contributed by atoms with Crippen LogP contribution in [0.25, 0.3) is 10.9 Å². The molecular formula is C21H20ClN3O3S. The Hall–Kier alpha value is -2.69. The van der Waals surface area contributed by atoms with Gasteiger partial charge in [0, 0.05) is 28.8 Å². The molecule has 0 aliphatic rings. The first-order valence-corrected chi connectivity index (χ1v) is 10.4. The first-order chi connectivity index (χ1) is 13.7. The number of nitrogens with zero attached hydrogens (tertiary/aromatic N) is 2. The fourth-order valence-electron chi connectivity index (χ4n) is 2.98. The fourth-order valence-corrected chi connectivity index (χ4v) is 3.72. The van der Waals surface area contributed by atoms with Crippen molar-refractivity contribution in [1.29, 1.82) is 0 Å². The number of nitrogens with one attached hydrogen (secondary N) is 1. The Kier molecular flexibility index (Phi) is 6.06.